The van der Waals surface area contributed by atoms with Gasteiger partial charge in [0.1, 0.15) is 11.2 Å². The lowest BCUT2D eigenvalue weighted by atomic mass is 9.70. The van der Waals surface area contributed by atoms with E-state index in [1.54, 1.807) is 0 Å². The Morgan fingerprint density at radius 1 is 0.333 bits per heavy atom. The third-order valence-corrected chi connectivity index (χ3v) is 12.7. The fourth-order valence-electron chi connectivity index (χ4n) is 10.2. The minimum Gasteiger partial charge on any atom is -0.456 e. The van der Waals surface area contributed by atoms with Crippen LogP contribution in [-0.4, -0.2) is 15.0 Å². The van der Waals surface area contributed by atoms with E-state index in [0.717, 1.165) is 49.4 Å². The van der Waals surface area contributed by atoms with Crippen molar-refractivity contribution in [3.8, 4) is 67.5 Å². The van der Waals surface area contributed by atoms with Crippen molar-refractivity contribution < 1.29 is 4.42 Å². The van der Waals surface area contributed by atoms with Crippen LogP contribution in [-0.2, 0) is 5.41 Å². The van der Waals surface area contributed by atoms with Crippen molar-refractivity contribution in [1.82, 2.24) is 15.0 Å². The summed E-state index contributed by atoms with van der Waals surface area (Å²) in [5, 5.41) is 4.30. The summed E-state index contributed by atoms with van der Waals surface area (Å²) in [5.74, 6) is 1.85. The van der Waals surface area contributed by atoms with Crippen LogP contribution in [0.4, 0.5) is 0 Å². The molecule has 0 saturated carbocycles. The molecule has 4 heteroatoms. The first-order valence-electron chi connectivity index (χ1n) is 20.4. The second-order valence-electron chi connectivity index (χ2n) is 15.8. The lowest BCUT2D eigenvalue weighted by Gasteiger charge is -2.30. The Bertz CT molecular complexity index is 3520. The van der Waals surface area contributed by atoms with Crippen molar-refractivity contribution in [2.45, 2.75) is 5.41 Å². The normalized spacial score (nSPS) is 13.1. The Morgan fingerprint density at radius 3 is 1.62 bits per heavy atom. The molecule has 0 aliphatic heterocycles. The molecule has 9 aromatic carbocycles. The summed E-state index contributed by atoms with van der Waals surface area (Å²) in [7, 11) is 0. The third kappa shape index (κ3) is 4.59. The van der Waals surface area contributed by atoms with E-state index in [1.807, 2.05) is 60.7 Å². The first kappa shape index (κ1) is 33.1. The lowest BCUT2D eigenvalue weighted by Crippen LogP contribution is -2.25. The van der Waals surface area contributed by atoms with Crippen LogP contribution in [0.5, 0.6) is 0 Å². The topological polar surface area (TPSA) is 51.8 Å². The number of rotatable bonds is 4. The van der Waals surface area contributed by atoms with Crippen molar-refractivity contribution in [2.24, 2.45) is 0 Å². The molecule has 0 bridgehead atoms. The van der Waals surface area contributed by atoms with Gasteiger partial charge >= 0.3 is 0 Å². The quantitative estimate of drug-likeness (QED) is 0.179. The minimum absolute atomic E-state index is 0.376. The fraction of sp³-hybridized carbons (Fsp3) is 0.0179. The van der Waals surface area contributed by atoms with E-state index in [-0.39, 0.29) is 5.41 Å². The molecule has 0 atom stereocenters. The monoisotopic (exact) mass is 763 g/mol. The van der Waals surface area contributed by atoms with E-state index < -0.39 is 0 Å². The molecule has 0 amide bonds. The second kappa shape index (κ2) is 12.5. The van der Waals surface area contributed by atoms with Gasteiger partial charge in [-0.3, -0.25) is 0 Å². The Morgan fingerprint density at radius 2 is 0.850 bits per heavy atom. The summed E-state index contributed by atoms with van der Waals surface area (Å²) < 4.78 is 6.26. The second-order valence-corrected chi connectivity index (χ2v) is 15.8. The molecule has 11 aromatic rings. The van der Waals surface area contributed by atoms with Crippen molar-refractivity contribution in [3.05, 3.63) is 222 Å². The zero-order valence-electron chi connectivity index (χ0n) is 32.3. The van der Waals surface area contributed by atoms with Crippen LogP contribution < -0.4 is 0 Å². The minimum atomic E-state index is -0.376. The van der Waals surface area contributed by atoms with Crippen LogP contribution in [0.25, 0.3) is 100 Å². The van der Waals surface area contributed by atoms with E-state index >= 15 is 0 Å². The van der Waals surface area contributed by atoms with Gasteiger partial charge in [-0.25, -0.2) is 15.0 Å². The molecule has 2 aliphatic carbocycles. The van der Waals surface area contributed by atoms with Gasteiger partial charge in [0, 0.05) is 27.5 Å². The van der Waals surface area contributed by atoms with Gasteiger partial charge in [-0.2, -0.15) is 0 Å². The van der Waals surface area contributed by atoms with Gasteiger partial charge in [-0.1, -0.05) is 176 Å². The molecule has 4 nitrogen and oxygen atoms in total. The first-order valence-corrected chi connectivity index (χ1v) is 20.4. The molecular weight excluding hydrogens is 731 g/mol. The SMILES string of the molecule is c1ccc(-c2nc(-c3ccc4cc(-c5cccc6c5-c5ccccc5C65c6ccccc6-c6ccccc65)ccc4c3)nc(-c3cccc4oc5ccccc5c34)n2)cc1. The van der Waals surface area contributed by atoms with Crippen molar-refractivity contribution >= 4 is 32.7 Å². The number of aromatic nitrogens is 3. The van der Waals surface area contributed by atoms with Crippen LogP contribution >= 0.6 is 0 Å². The largest absolute Gasteiger partial charge is 0.456 e. The Hall–Kier alpha value is -7.95. The number of para-hydroxylation sites is 1. The lowest BCUT2D eigenvalue weighted by molar-refractivity contribution is 0.669. The summed E-state index contributed by atoms with van der Waals surface area (Å²) in [4.78, 5) is 15.3. The first-order chi connectivity index (χ1) is 29.7. The standard InChI is InChI=1S/C56H33N3O/c1-2-14-34(15-3-1)53-57-54(59-55(58-53)44-21-13-27-50-52(44)43-19-7-11-26-49(43)60-50)38-31-29-35-32-37(30-28-36(35)33-38)39-20-12-25-48-51(39)42-18-6-10-24-47(42)56(48)45-22-8-4-16-40(45)41-17-5-9-23-46(41)56/h1-33H. The smallest absolute Gasteiger partial charge is 0.164 e. The van der Waals surface area contributed by atoms with Crippen LogP contribution in [0.15, 0.2) is 205 Å². The summed E-state index contributed by atoms with van der Waals surface area (Å²) in [6.07, 6.45) is 0. The summed E-state index contributed by atoms with van der Waals surface area (Å²) in [6.45, 7) is 0. The van der Waals surface area contributed by atoms with Gasteiger partial charge in [-0.15, -0.1) is 0 Å². The number of furan rings is 1. The number of fused-ring (bicyclic) bond motifs is 14. The van der Waals surface area contributed by atoms with E-state index in [0.29, 0.717) is 17.5 Å². The van der Waals surface area contributed by atoms with E-state index in [2.05, 4.69) is 140 Å². The van der Waals surface area contributed by atoms with Gasteiger partial charge in [0.25, 0.3) is 0 Å². The van der Waals surface area contributed by atoms with Crippen molar-refractivity contribution in [2.75, 3.05) is 0 Å². The number of nitrogens with zero attached hydrogens (tertiary/aromatic N) is 3. The van der Waals surface area contributed by atoms with Gasteiger partial charge in [0.2, 0.25) is 0 Å². The van der Waals surface area contributed by atoms with Crippen LogP contribution in [0.2, 0.25) is 0 Å². The van der Waals surface area contributed by atoms with E-state index in [4.69, 9.17) is 19.4 Å². The van der Waals surface area contributed by atoms with Crippen LogP contribution in [0.1, 0.15) is 22.3 Å². The van der Waals surface area contributed by atoms with Crippen molar-refractivity contribution in [3.63, 3.8) is 0 Å². The van der Waals surface area contributed by atoms with Gasteiger partial charge in [0.05, 0.1) is 5.41 Å². The molecule has 2 aliphatic rings. The van der Waals surface area contributed by atoms with Gasteiger partial charge in [-0.05, 0) is 90.7 Å². The maximum absolute atomic E-state index is 6.26. The highest BCUT2D eigenvalue weighted by Gasteiger charge is 2.51. The molecule has 0 radical (unpaired) electrons. The Kier molecular flexibility index (Phi) is 6.90. The maximum atomic E-state index is 6.26. The predicted octanol–water partition coefficient (Wildman–Crippen LogP) is 13.9. The average molecular weight is 764 g/mol. The Balaban J connectivity index is 0.958. The molecule has 0 N–H and O–H groups in total. The number of hydrogen-bond donors (Lipinski definition) is 0. The molecule has 2 aromatic heterocycles. The molecule has 2 heterocycles. The summed E-state index contributed by atoms with van der Waals surface area (Å²) >= 11 is 0. The zero-order valence-corrected chi connectivity index (χ0v) is 32.3. The molecule has 60 heavy (non-hydrogen) atoms. The highest BCUT2D eigenvalue weighted by Crippen LogP contribution is 2.64. The summed E-state index contributed by atoms with van der Waals surface area (Å²) in [5.41, 5.74) is 17.1. The van der Waals surface area contributed by atoms with E-state index in [9.17, 15) is 0 Å². The van der Waals surface area contributed by atoms with Crippen molar-refractivity contribution in [1.29, 1.82) is 0 Å². The predicted molar refractivity (Wildman–Crippen MR) is 243 cm³/mol. The zero-order chi connectivity index (χ0) is 39.4. The molecule has 13 rings (SSSR count). The Labute approximate surface area is 346 Å². The maximum Gasteiger partial charge on any atom is 0.164 e. The highest BCUT2D eigenvalue weighted by atomic mass is 16.3. The fourth-order valence-corrected chi connectivity index (χ4v) is 10.2. The summed E-state index contributed by atoms with van der Waals surface area (Å²) in [6, 6.07) is 71.6. The molecule has 0 unspecified atom stereocenters. The number of benzene rings is 9. The number of hydrogen-bond acceptors (Lipinski definition) is 4. The average Bonchev–Trinajstić information content (AvgIpc) is 3.96. The molecular formula is C56H33N3O. The van der Waals surface area contributed by atoms with Crippen LogP contribution in [0.3, 0.4) is 0 Å². The molecule has 278 valence electrons. The van der Waals surface area contributed by atoms with Gasteiger partial charge in [0.15, 0.2) is 17.5 Å². The van der Waals surface area contributed by atoms with Crippen LogP contribution in [0, 0.1) is 0 Å². The molecule has 1 spiro atoms. The highest BCUT2D eigenvalue weighted by molar-refractivity contribution is 6.12. The van der Waals surface area contributed by atoms with E-state index in [1.165, 1.54) is 55.6 Å². The molecule has 0 fully saturated rings. The van der Waals surface area contributed by atoms with Gasteiger partial charge < -0.3 is 4.42 Å². The molecule has 0 saturated heterocycles. The third-order valence-electron chi connectivity index (χ3n) is 12.7.